The largest absolute Gasteiger partial charge is 0.480 e. The summed E-state index contributed by atoms with van der Waals surface area (Å²) in [4.78, 5) is 15.1. The Morgan fingerprint density at radius 3 is 2.71 bits per heavy atom. The molecule has 1 aromatic heterocycles. The van der Waals surface area contributed by atoms with Crippen LogP contribution in [0.15, 0.2) is 6.20 Å². The summed E-state index contributed by atoms with van der Waals surface area (Å²) >= 11 is 0. The van der Waals surface area contributed by atoms with Gasteiger partial charge >= 0.3 is 5.97 Å². The average Bonchev–Trinajstić information content (AvgIpc) is 2.28. The van der Waals surface area contributed by atoms with Crippen LogP contribution in [0.1, 0.15) is 29.3 Å². The third-order valence-corrected chi connectivity index (χ3v) is 2.03. The van der Waals surface area contributed by atoms with Gasteiger partial charge in [0.15, 0.2) is 0 Å². The van der Waals surface area contributed by atoms with Crippen LogP contribution in [-0.4, -0.2) is 24.7 Å². The summed E-state index contributed by atoms with van der Waals surface area (Å²) in [5, 5.41) is 0. The fourth-order valence-electron chi connectivity index (χ4n) is 1.29. The summed E-state index contributed by atoms with van der Waals surface area (Å²) in [6, 6.07) is 0. The Bertz CT molecular complexity index is 424. The Hall–Kier alpha value is -1.92. The van der Waals surface area contributed by atoms with Gasteiger partial charge in [-0.2, -0.15) is 0 Å². The van der Waals surface area contributed by atoms with Crippen molar-refractivity contribution in [3.63, 3.8) is 0 Å². The van der Waals surface area contributed by atoms with Crippen molar-refractivity contribution in [2.75, 3.05) is 19.5 Å². The molecule has 0 spiro atoms. The van der Waals surface area contributed by atoms with Gasteiger partial charge in [-0.25, -0.2) is 18.6 Å². The van der Waals surface area contributed by atoms with Crippen molar-refractivity contribution in [2.24, 2.45) is 0 Å². The van der Waals surface area contributed by atoms with Crippen molar-refractivity contribution < 1.29 is 23.0 Å². The van der Waals surface area contributed by atoms with E-state index in [0.29, 0.717) is 0 Å². The number of pyridine rings is 1. The lowest BCUT2D eigenvalue weighted by atomic mass is 10.1. The number of nitrogens with two attached hydrogens (primary N) is 1. The zero-order valence-electron chi connectivity index (χ0n) is 9.37. The van der Waals surface area contributed by atoms with Gasteiger partial charge in [0.1, 0.15) is 5.69 Å². The molecule has 5 nitrogen and oxygen atoms in total. The van der Waals surface area contributed by atoms with E-state index in [1.807, 2.05) is 0 Å². The number of halogens is 2. The molecule has 0 atom stereocenters. The second kappa shape index (κ2) is 5.42. The molecule has 0 saturated heterocycles. The Labute approximate surface area is 96.5 Å². The molecule has 0 saturated carbocycles. The highest BCUT2D eigenvalue weighted by molar-refractivity contribution is 5.93. The Balaban J connectivity index is 3.31. The molecule has 0 bridgehead atoms. The van der Waals surface area contributed by atoms with E-state index >= 15 is 0 Å². The molecule has 0 amide bonds. The SMILES string of the molecule is CCOC(=O)c1cnc(OC)c(N)c1C(F)F. The van der Waals surface area contributed by atoms with Crippen LogP contribution < -0.4 is 10.5 Å². The Morgan fingerprint density at radius 1 is 1.59 bits per heavy atom. The predicted molar refractivity (Wildman–Crippen MR) is 56.1 cm³/mol. The van der Waals surface area contributed by atoms with Crippen molar-refractivity contribution in [1.82, 2.24) is 4.98 Å². The minimum Gasteiger partial charge on any atom is -0.480 e. The molecule has 1 heterocycles. The molecular formula is C10H12F2N2O3. The van der Waals surface area contributed by atoms with Crippen molar-refractivity contribution >= 4 is 11.7 Å². The van der Waals surface area contributed by atoms with Crippen molar-refractivity contribution in [3.8, 4) is 5.88 Å². The number of anilines is 1. The van der Waals surface area contributed by atoms with Crippen molar-refractivity contribution in [2.45, 2.75) is 13.3 Å². The molecule has 1 rings (SSSR count). The number of aromatic nitrogens is 1. The van der Waals surface area contributed by atoms with E-state index in [9.17, 15) is 13.6 Å². The highest BCUT2D eigenvalue weighted by atomic mass is 19.3. The quantitative estimate of drug-likeness (QED) is 0.820. The lowest BCUT2D eigenvalue weighted by molar-refractivity contribution is 0.0515. The predicted octanol–water partition coefficient (Wildman–Crippen LogP) is 1.79. The van der Waals surface area contributed by atoms with Crippen LogP contribution >= 0.6 is 0 Å². The topological polar surface area (TPSA) is 74.4 Å². The maximum absolute atomic E-state index is 12.8. The van der Waals surface area contributed by atoms with Gasteiger partial charge in [-0.1, -0.05) is 0 Å². The number of carbonyl (C=O) groups excluding carboxylic acids is 1. The molecule has 17 heavy (non-hydrogen) atoms. The summed E-state index contributed by atoms with van der Waals surface area (Å²) in [6.07, 6.45) is -1.94. The van der Waals surface area contributed by atoms with Gasteiger partial charge in [-0.3, -0.25) is 0 Å². The fraction of sp³-hybridized carbons (Fsp3) is 0.400. The van der Waals surface area contributed by atoms with Crippen LogP contribution in [0.5, 0.6) is 5.88 Å². The Kier molecular flexibility index (Phi) is 4.19. The second-order valence-corrected chi connectivity index (χ2v) is 3.03. The second-order valence-electron chi connectivity index (χ2n) is 3.03. The first kappa shape index (κ1) is 13.1. The smallest absolute Gasteiger partial charge is 0.340 e. The number of nitrogens with zero attached hydrogens (tertiary/aromatic N) is 1. The normalized spacial score (nSPS) is 10.4. The van der Waals surface area contributed by atoms with Crippen LogP contribution in [0.2, 0.25) is 0 Å². The first-order valence-electron chi connectivity index (χ1n) is 4.80. The van der Waals surface area contributed by atoms with E-state index < -0.39 is 18.0 Å². The summed E-state index contributed by atoms with van der Waals surface area (Å²) in [7, 11) is 1.25. The number of esters is 1. The first-order chi connectivity index (χ1) is 8.02. The summed E-state index contributed by atoms with van der Waals surface area (Å²) in [5.41, 5.74) is 4.14. The van der Waals surface area contributed by atoms with E-state index in [4.69, 9.17) is 10.5 Å². The Morgan fingerprint density at radius 2 is 2.24 bits per heavy atom. The summed E-state index contributed by atoms with van der Waals surface area (Å²) in [5.74, 6) is -1.03. The lowest BCUT2D eigenvalue weighted by Crippen LogP contribution is -2.12. The number of rotatable bonds is 4. The van der Waals surface area contributed by atoms with E-state index in [1.54, 1.807) is 6.92 Å². The number of alkyl halides is 2. The minimum absolute atomic E-state index is 0.0768. The highest BCUT2D eigenvalue weighted by Crippen LogP contribution is 2.33. The fourth-order valence-corrected chi connectivity index (χ4v) is 1.29. The maximum atomic E-state index is 12.8. The number of methoxy groups -OCH3 is 1. The van der Waals surface area contributed by atoms with E-state index in [1.165, 1.54) is 7.11 Å². The molecule has 0 aliphatic rings. The molecule has 0 fully saturated rings. The molecule has 0 radical (unpaired) electrons. The van der Waals surface area contributed by atoms with Crippen LogP contribution in [0.3, 0.4) is 0 Å². The maximum Gasteiger partial charge on any atom is 0.340 e. The van der Waals surface area contributed by atoms with E-state index in [0.717, 1.165) is 6.20 Å². The van der Waals surface area contributed by atoms with Crippen LogP contribution in [-0.2, 0) is 4.74 Å². The van der Waals surface area contributed by atoms with Crippen molar-refractivity contribution in [1.29, 1.82) is 0 Å². The molecule has 2 N–H and O–H groups in total. The van der Waals surface area contributed by atoms with Gasteiger partial charge in [0.25, 0.3) is 6.43 Å². The molecule has 0 unspecified atom stereocenters. The number of hydrogen-bond acceptors (Lipinski definition) is 5. The number of hydrogen-bond donors (Lipinski definition) is 1. The first-order valence-corrected chi connectivity index (χ1v) is 4.80. The summed E-state index contributed by atoms with van der Waals surface area (Å²) < 4.78 is 35.0. The van der Waals surface area contributed by atoms with Gasteiger partial charge in [-0.15, -0.1) is 0 Å². The molecule has 94 valence electrons. The molecule has 0 aromatic carbocycles. The molecule has 0 aliphatic heterocycles. The third kappa shape index (κ3) is 2.61. The van der Waals surface area contributed by atoms with Gasteiger partial charge in [-0.05, 0) is 6.92 Å². The van der Waals surface area contributed by atoms with E-state index in [-0.39, 0.29) is 23.7 Å². The molecule has 0 aliphatic carbocycles. The third-order valence-electron chi connectivity index (χ3n) is 2.03. The minimum atomic E-state index is -2.91. The van der Waals surface area contributed by atoms with Gasteiger partial charge in [0.05, 0.1) is 24.8 Å². The van der Waals surface area contributed by atoms with Crippen LogP contribution in [0, 0.1) is 0 Å². The van der Waals surface area contributed by atoms with E-state index in [2.05, 4.69) is 9.72 Å². The monoisotopic (exact) mass is 246 g/mol. The average molecular weight is 246 g/mol. The lowest BCUT2D eigenvalue weighted by Gasteiger charge is -2.12. The molecule has 1 aromatic rings. The number of carbonyl (C=O) groups is 1. The molecule has 7 heteroatoms. The molecular weight excluding hydrogens is 234 g/mol. The van der Waals surface area contributed by atoms with Gasteiger partial charge < -0.3 is 15.2 Å². The summed E-state index contributed by atoms with van der Waals surface area (Å²) in [6.45, 7) is 1.65. The van der Waals surface area contributed by atoms with Gasteiger partial charge in [0, 0.05) is 6.20 Å². The van der Waals surface area contributed by atoms with Crippen LogP contribution in [0.25, 0.3) is 0 Å². The standard InChI is InChI=1S/C10H12F2N2O3/c1-3-17-10(15)5-4-14-9(16-2)7(13)6(5)8(11)12/h4,8H,3,13H2,1-2H3. The number of ether oxygens (including phenoxy) is 2. The number of nitrogen functional groups attached to an aromatic ring is 1. The van der Waals surface area contributed by atoms with Gasteiger partial charge in [0.2, 0.25) is 5.88 Å². The zero-order chi connectivity index (χ0) is 13.0. The van der Waals surface area contributed by atoms with Crippen molar-refractivity contribution in [3.05, 3.63) is 17.3 Å². The van der Waals surface area contributed by atoms with Crippen LogP contribution in [0.4, 0.5) is 14.5 Å². The zero-order valence-corrected chi connectivity index (χ0v) is 9.37. The highest BCUT2D eigenvalue weighted by Gasteiger charge is 2.25.